The third kappa shape index (κ3) is 5.37. The summed E-state index contributed by atoms with van der Waals surface area (Å²) in [5, 5.41) is 7.54. The van der Waals surface area contributed by atoms with Crippen molar-refractivity contribution in [2.75, 3.05) is 19.7 Å². The van der Waals surface area contributed by atoms with Gasteiger partial charge in [0.15, 0.2) is 6.61 Å². The Labute approximate surface area is 198 Å². The Morgan fingerprint density at radius 1 is 1.18 bits per heavy atom. The van der Waals surface area contributed by atoms with Crippen molar-refractivity contribution in [1.82, 2.24) is 20.0 Å². The molecule has 0 saturated carbocycles. The van der Waals surface area contributed by atoms with E-state index in [1.54, 1.807) is 6.20 Å². The molecule has 6 nitrogen and oxygen atoms in total. The molecule has 1 amide bonds. The van der Waals surface area contributed by atoms with Gasteiger partial charge < -0.3 is 9.64 Å². The minimum atomic E-state index is -0.234. The average molecular weight is 471 g/mol. The molecule has 1 aliphatic rings. The van der Waals surface area contributed by atoms with Crippen molar-refractivity contribution in [2.45, 2.75) is 39.4 Å². The number of carbonyl (C=O) groups is 1. The van der Waals surface area contributed by atoms with Crippen LogP contribution in [0.25, 0.3) is 11.3 Å². The number of H-pyrrole nitrogens is 1. The highest BCUT2D eigenvalue weighted by Gasteiger charge is 2.32. The van der Waals surface area contributed by atoms with E-state index in [0.29, 0.717) is 17.3 Å². The molecular weight excluding hydrogens is 443 g/mol. The van der Waals surface area contributed by atoms with Gasteiger partial charge in [0.1, 0.15) is 11.6 Å². The highest BCUT2D eigenvalue weighted by atomic mass is 35.5. The number of nitrogens with one attached hydrogen (secondary N) is 1. The van der Waals surface area contributed by atoms with E-state index in [1.807, 2.05) is 49.1 Å². The standard InChI is InChI=1S/C25H28ClFN4O2/c1-16-10-24(21(11-22(16)26)23-8-9-28-29-23)33-15-25(32)31-13-17(2)30(12-18(31)3)14-19-4-6-20(27)7-5-19/h4-11,17-18H,12-15H2,1-3H3,(H,28,29)/t17-,18+/m1/s1. The molecule has 0 spiro atoms. The summed E-state index contributed by atoms with van der Waals surface area (Å²) in [6.07, 6.45) is 1.66. The van der Waals surface area contributed by atoms with Crippen molar-refractivity contribution in [3.63, 3.8) is 0 Å². The van der Waals surface area contributed by atoms with Crippen LogP contribution in [0.1, 0.15) is 25.0 Å². The molecular formula is C25H28ClFN4O2. The van der Waals surface area contributed by atoms with Gasteiger partial charge in [-0.1, -0.05) is 23.7 Å². The van der Waals surface area contributed by atoms with E-state index in [0.717, 1.165) is 35.5 Å². The van der Waals surface area contributed by atoms with Crippen LogP contribution in [-0.4, -0.2) is 57.7 Å². The second-order valence-electron chi connectivity index (χ2n) is 8.66. The van der Waals surface area contributed by atoms with E-state index in [1.165, 1.54) is 12.1 Å². The van der Waals surface area contributed by atoms with Gasteiger partial charge in [-0.2, -0.15) is 5.10 Å². The predicted molar refractivity (Wildman–Crippen MR) is 127 cm³/mol. The van der Waals surface area contributed by atoms with Gasteiger partial charge in [-0.3, -0.25) is 14.8 Å². The molecule has 1 fully saturated rings. The number of hydrogen-bond donors (Lipinski definition) is 1. The lowest BCUT2D eigenvalue weighted by Crippen LogP contribution is -2.58. The zero-order valence-electron chi connectivity index (χ0n) is 19.0. The van der Waals surface area contributed by atoms with E-state index in [2.05, 4.69) is 22.0 Å². The number of aryl methyl sites for hydroxylation is 1. The van der Waals surface area contributed by atoms with Crippen LogP contribution in [0.15, 0.2) is 48.7 Å². The maximum Gasteiger partial charge on any atom is 0.260 e. The Morgan fingerprint density at radius 3 is 2.64 bits per heavy atom. The molecule has 3 aromatic rings. The number of halogens is 2. The van der Waals surface area contributed by atoms with E-state index in [9.17, 15) is 9.18 Å². The van der Waals surface area contributed by atoms with Gasteiger partial charge in [0, 0.05) is 48.5 Å². The van der Waals surface area contributed by atoms with Gasteiger partial charge >= 0.3 is 0 Å². The number of carbonyl (C=O) groups excluding carboxylic acids is 1. The summed E-state index contributed by atoms with van der Waals surface area (Å²) in [6.45, 7) is 8.07. The molecule has 174 valence electrons. The zero-order chi connectivity index (χ0) is 23.5. The van der Waals surface area contributed by atoms with Gasteiger partial charge in [0.05, 0.1) is 5.69 Å². The third-order valence-electron chi connectivity index (χ3n) is 6.14. The minimum Gasteiger partial charge on any atom is -0.483 e. The number of aromatic amines is 1. The number of benzene rings is 2. The Balaban J connectivity index is 1.40. The van der Waals surface area contributed by atoms with E-state index >= 15 is 0 Å². The molecule has 33 heavy (non-hydrogen) atoms. The Kier molecular flexibility index (Phi) is 7.00. The number of ether oxygens (including phenoxy) is 1. The van der Waals surface area contributed by atoms with Crippen LogP contribution in [0, 0.1) is 12.7 Å². The van der Waals surface area contributed by atoms with Gasteiger partial charge in [-0.15, -0.1) is 0 Å². The fourth-order valence-electron chi connectivity index (χ4n) is 4.20. The molecule has 2 atom stereocenters. The molecule has 2 aromatic carbocycles. The normalized spacial score (nSPS) is 19.0. The maximum absolute atomic E-state index is 13.2. The zero-order valence-corrected chi connectivity index (χ0v) is 19.8. The molecule has 0 unspecified atom stereocenters. The number of nitrogens with zero attached hydrogens (tertiary/aromatic N) is 3. The summed E-state index contributed by atoms with van der Waals surface area (Å²) >= 11 is 6.31. The topological polar surface area (TPSA) is 61.5 Å². The summed E-state index contributed by atoms with van der Waals surface area (Å²) in [5.41, 5.74) is 3.47. The summed E-state index contributed by atoms with van der Waals surface area (Å²) in [7, 11) is 0. The molecule has 0 bridgehead atoms. The van der Waals surface area contributed by atoms with Crippen LogP contribution in [0.5, 0.6) is 5.75 Å². The monoisotopic (exact) mass is 470 g/mol. The molecule has 0 radical (unpaired) electrons. The van der Waals surface area contributed by atoms with Crippen molar-refractivity contribution in [1.29, 1.82) is 0 Å². The Morgan fingerprint density at radius 2 is 1.94 bits per heavy atom. The van der Waals surface area contributed by atoms with Crippen LogP contribution in [0.2, 0.25) is 5.02 Å². The minimum absolute atomic E-state index is 0.0387. The van der Waals surface area contributed by atoms with Crippen LogP contribution >= 0.6 is 11.6 Å². The summed E-state index contributed by atoms with van der Waals surface area (Å²) < 4.78 is 19.2. The highest BCUT2D eigenvalue weighted by Crippen LogP contribution is 2.34. The lowest BCUT2D eigenvalue weighted by Gasteiger charge is -2.44. The van der Waals surface area contributed by atoms with Crippen LogP contribution < -0.4 is 4.74 Å². The number of rotatable bonds is 6. The third-order valence-corrected chi connectivity index (χ3v) is 6.54. The average Bonchev–Trinajstić information content (AvgIpc) is 3.32. The van der Waals surface area contributed by atoms with Gasteiger partial charge in [-0.25, -0.2) is 4.39 Å². The van der Waals surface area contributed by atoms with Gasteiger partial charge in [0.2, 0.25) is 0 Å². The number of piperazine rings is 1. The van der Waals surface area contributed by atoms with Crippen LogP contribution in [-0.2, 0) is 11.3 Å². The first kappa shape index (κ1) is 23.3. The first-order chi connectivity index (χ1) is 15.8. The summed E-state index contributed by atoms with van der Waals surface area (Å²) in [4.78, 5) is 17.3. The van der Waals surface area contributed by atoms with E-state index in [4.69, 9.17) is 16.3 Å². The van der Waals surface area contributed by atoms with Gasteiger partial charge in [-0.05, 0) is 62.2 Å². The molecule has 2 heterocycles. The lowest BCUT2D eigenvalue weighted by atomic mass is 10.1. The molecule has 1 aliphatic heterocycles. The smallest absolute Gasteiger partial charge is 0.260 e. The quantitative estimate of drug-likeness (QED) is 0.568. The molecule has 8 heteroatoms. The second kappa shape index (κ2) is 9.93. The SMILES string of the molecule is Cc1cc(OCC(=O)N2C[C@@H](C)N(Cc3ccc(F)cc3)C[C@@H]2C)c(-c2ccn[nH]2)cc1Cl. The largest absolute Gasteiger partial charge is 0.483 e. The van der Waals surface area contributed by atoms with Gasteiger partial charge in [0.25, 0.3) is 5.91 Å². The molecule has 1 N–H and O–H groups in total. The predicted octanol–water partition coefficient (Wildman–Crippen LogP) is 4.68. The first-order valence-electron chi connectivity index (χ1n) is 11.0. The molecule has 1 aromatic heterocycles. The number of hydrogen-bond acceptors (Lipinski definition) is 4. The molecule has 1 saturated heterocycles. The number of amides is 1. The molecule has 0 aliphatic carbocycles. The Hall–Kier alpha value is -2.90. The summed E-state index contributed by atoms with van der Waals surface area (Å²) in [6, 6.07) is 12.3. The van der Waals surface area contributed by atoms with Crippen LogP contribution in [0.4, 0.5) is 4.39 Å². The second-order valence-corrected chi connectivity index (χ2v) is 9.06. The fraction of sp³-hybridized carbons (Fsp3) is 0.360. The van der Waals surface area contributed by atoms with E-state index in [-0.39, 0.29) is 30.4 Å². The van der Waals surface area contributed by atoms with Crippen molar-refractivity contribution >= 4 is 17.5 Å². The van der Waals surface area contributed by atoms with Crippen molar-refractivity contribution in [3.05, 3.63) is 70.6 Å². The van der Waals surface area contributed by atoms with Crippen molar-refractivity contribution < 1.29 is 13.9 Å². The number of aromatic nitrogens is 2. The van der Waals surface area contributed by atoms with E-state index < -0.39 is 0 Å². The van der Waals surface area contributed by atoms with Crippen molar-refractivity contribution in [3.8, 4) is 17.0 Å². The lowest BCUT2D eigenvalue weighted by molar-refractivity contribution is -0.139. The van der Waals surface area contributed by atoms with Crippen LogP contribution in [0.3, 0.4) is 0 Å². The maximum atomic E-state index is 13.2. The Bertz CT molecular complexity index is 1100. The first-order valence-corrected chi connectivity index (χ1v) is 11.4. The van der Waals surface area contributed by atoms with Crippen molar-refractivity contribution in [2.24, 2.45) is 0 Å². The summed E-state index contributed by atoms with van der Waals surface area (Å²) in [5.74, 6) is 0.297. The fourth-order valence-corrected chi connectivity index (χ4v) is 4.37. The highest BCUT2D eigenvalue weighted by molar-refractivity contribution is 6.31. The molecule has 4 rings (SSSR count).